The van der Waals surface area contributed by atoms with Gasteiger partial charge >= 0.3 is 0 Å². The van der Waals surface area contributed by atoms with Gasteiger partial charge in [-0.15, -0.1) is 0 Å². The number of carbonyl (C=O) groups is 1. The summed E-state index contributed by atoms with van der Waals surface area (Å²) in [6.07, 6.45) is 2.32. The number of carbonyl (C=O) groups excluding carboxylic acids is 1. The number of nitrogens with zero attached hydrogens (tertiary/aromatic N) is 2. The molecule has 0 unspecified atom stereocenters. The van der Waals surface area contributed by atoms with Gasteiger partial charge in [-0.25, -0.2) is 4.98 Å². The zero-order chi connectivity index (χ0) is 15.9. The molecule has 0 bridgehead atoms. The number of benzene rings is 1. The van der Waals surface area contributed by atoms with Crippen LogP contribution in [0.15, 0.2) is 30.5 Å². The maximum atomic E-state index is 11.5. The zero-order valence-corrected chi connectivity index (χ0v) is 12.5. The van der Waals surface area contributed by atoms with E-state index in [0.29, 0.717) is 24.9 Å². The minimum absolute atomic E-state index is 0.236. The van der Waals surface area contributed by atoms with Crippen LogP contribution in [-0.4, -0.2) is 29.0 Å². The third-order valence-electron chi connectivity index (χ3n) is 3.08. The molecule has 1 heterocycles. The Labute approximate surface area is 129 Å². The summed E-state index contributed by atoms with van der Waals surface area (Å²) in [5.74, 6) is 0.180. The van der Waals surface area contributed by atoms with E-state index < -0.39 is 5.91 Å². The van der Waals surface area contributed by atoms with Crippen LogP contribution in [0.5, 0.6) is 0 Å². The van der Waals surface area contributed by atoms with Gasteiger partial charge in [-0.3, -0.25) is 4.79 Å². The molecule has 7 heteroatoms. The summed E-state index contributed by atoms with van der Waals surface area (Å²) in [5.41, 5.74) is 13.1. The second kappa shape index (κ2) is 7.37. The van der Waals surface area contributed by atoms with Gasteiger partial charge in [0.05, 0.1) is 0 Å². The van der Waals surface area contributed by atoms with Crippen molar-refractivity contribution in [3.8, 4) is 0 Å². The molecule has 7 nitrogen and oxygen atoms in total. The number of aryl methyl sites for hydroxylation is 1. The van der Waals surface area contributed by atoms with Crippen molar-refractivity contribution in [3.63, 3.8) is 0 Å². The van der Waals surface area contributed by atoms with Gasteiger partial charge < -0.3 is 22.1 Å². The highest BCUT2D eigenvalue weighted by molar-refractivity contribution is 5.98. The number of aromatic nitrogens is 2. The molecule has 1 aromatic heterocycles. The lowest BCUT2D eigenvalue weighted by atomic mass is 10.1. The van der Waals surface area contributed by atoms with Gasteiger partial charge in [0, 0.05) is 25.0 Å². The van der Waals surface area contributed by atoms with Crippen molar-refractivity contribution >= 4 is 23.4 Å². The first kappa shape index (κ1) is 15.7. The van der Waals surface area contributed by atoms with E-state index in [9.17, 15) is 4.79 Å². The Bertz CT molecular complexity index is 658. The lowest BCUT2D eigenvalue weighted by molar-refractivity contribution is 0.100. The van der Waals surface area contributed by atoms with Crippen molar-refractivity contribution < 1.29 is 4.79 Å². The van der Waals surface area contributed by atoms with Gasteiger partial charge in [-0.05, 0) is 24.1 Å². The molecule has 0 saturated carbocycles. The Morgan fingerprint density at radius 3 is 2.86 bits per heavy atom. The van der Waals surface area contributed by atoms with Gasteiger partial charge in [0.1, 0.15) is 11.4 Å². The molecule has 0 aliphatic carbocycles. The summed E-state index contributed by atoms with van der Waals surface area (Å²) in [6, 6.07) is 7.88. The fourth-order valence-corrected chi connectivity index (χ4v) is 1.93. The van der Waals surface area contributed by atoms with Gasteiger partial charge in [0.15, 0.2) is 0 Å². The number of primary amides is 1. The Hall–Kier alpha value is -2.67. The second-order valence-corrected chi connectivity index (χ2v) is 4.71. The van der Waals surface area contributed by atoms with Crippen LogP contribution < -0.4 is 22.1 Å². The number of rotatable bonds is 7. The number of nitrogens with one attached hydrogen (secondary N) is 2. The molecule has 116 valence electrons. The molecule has 2 rings (SSSR count). The average molecular weight is 300 g/mol. The fraction of sp³-hybridized carbons (Fsp3) is 0.267. The van der Waals surface area contributed by atoms with Crippen LogP contribution in [0.3, 0.4) is 0 Å². The molecule has 0 spiro atoms. The van der Waals surface area contributed by atoms with Crippen molar-refractivity contribution in [1.29, 1.82) is 0 Å². The predicted octanol–water partition coefficient (Wildman–Crippen LogP) is 1.25. The molecule has 1 amide bonds. The standard InChI is InChI=1S/C15H20N6O/c1-2-10-4-3-5-11(8-10)20-14-12(13(17)22)9-19-15(21-14)18-7-6-16/h3-5,8-9H,2,6-7,16H2,1H3,(H2,17,22)(H2,18,19,20,21). The largest absolute Gasteiger partial charge is 0.365 e. The molecule has 1 aromatic carbocycles. The molecule has 0 saturated heterocycles. The third-order valence-corrected chi connectivity index (χ3v) is 3.08. The molecule has 0 radical (unpaired) electrons. The van der Waals surface area contributed by atoms with Crippen LogP contribution in [0.4, 0.5) is 17.5 Å². The summed E-state index contributed by atoms with van der Waals surface area (Å²) in [7, 11) is 0. The maximum Gasteiger partial charge on any atom is 0.254 e. The Kier molecular flexibility index (Phi) is 5.26. The summed E-state index contributed by atoms with van der Waals surface area (Å²) in [6.45, 7) is 3.08. The number of hydrogen-bond acceptors (Lipinski definition) is 6. The summed E-state index contributed by atoms with van der Waals surface area (Å²) in [5, 5.41) is 6.09. The van der Waals surface area contributed by atoms with E-state index in [1.807, 2.05) is 24.3 Å². The predicted molar refractivity (Wildman–Crippen MR) is 87.2 cm³/mol. The average Bonchev–Trinajstić information content (AvgIpc) is 2.53. The van der Waals surface area contributed by atoms with Crippen LogP contribution in [-0.2, 0) is 6.42 Å². The van der Waals surface area contributed by atoms with Crippen molar-refractivity contribution in [1.82, 2.24) is 9.97 Å². The van der Waals surface area contributed by atoms with E-state index in [2.05, 4.69) is 27.5 Å². The van der Waals surface area contributed by atoms with Crippen LogP contribution in [0.2, 0.25) is 0 Å². The fourth-order valence-electron chi connectivity index (χ4n) is 1.93. The minimum Gasteiger partial charge on any atom is -0.365 e. The van der Waals surface area contributed by atoms with E-state index in [1.54, 1.807) is 0 Å². The molecule has 0 aliphatic rings. The van der Waals surface area contributed by atoms with Crippen molar-refractivity contribution in [2.24, 2.45) is 11.5 Å². The Balaban J connectivity index is 2.31. The highest BCUT2D eigenvalue weighted by Crippen LogP contribution is 2.20. The van der Waals surface area contributed by atoms with Crippen molar-refractivity contribution in [3.05, 3.63) is 41.6 Å². The van der Waals surface area contributed by atoms with Crippen LogP contribution in [0.1, 0.15) is 22.8 Å². The zero-order valence-electron chi connectivity index (χ0n) is 12.5. The normalized spacial score (nSPS) is 10.3. The van der Waals surface area contributed by atoms with E-state index in [-0.39, 0.29) is 5.56 Å². The third kappa shape index (κ3) is 3.92. The summed E-state index contributed by atoms with van der Waals surface area (Å²) in [4.78, 5) is 19.9. The second-order valence-electron chi connectivity index (χ2n) is 4.71. The van der Waals surface area contributed by atoms with Crippen molar-refractivity contribution in [2.45, 2.75) is 13.3 Å². The summed E-state index contributed by atoms with van der Waals surface area (Å²) >= 11 is 0. The molecule has 0 aliphatic heterocycles. The monoisotopic (exact) mass is 300 g/mol. The van der Waals surface area contributed by atoms with Crippen LogP contribution in [0.25, 0.3) is 0 Å². The number of amides is 1. The highest BCUT2D eigenvalue weighted by atomic mass is 16.1. The quantitative estimate of drug-likeness (QED) is 0.611. The van der Waals surface area contributed by atoms with Gasteiger partial charge in [0.2, 0.25) is 5.95 Å². The molecule has 22 heavy (non-hydrogen) atoms. The van der Waals surface area contributed by atoms with E-state index in [1.165, 1.54) is 11.8 Å². The first-order valence-electron chi connectivity index (χ1n) is 7.10. The lowest BCUT2D eigenvalue weighted by Gasteiger charge is -2.12. The molecular formula is C15H20N6O. The molecule has 0 fully saturated rings. The minimum atomic E-state index is -0.584. The van der Waals surface area contributed by atoms with E-state index >= 15 is 0 Å². The SMILES string of the molecule is CCc1cccc(Nc2nc(NCCN)ncc2C(N)=O)c1. The van der Waals surface area contributed by atoms with Crippen LogP contribution >= 0.6 is 0 Å². The number of anilines is 3. The smallest absolute Gasteiger partial charge is 0.254 e. The number of nitrogens with two attached hydrogens (primary N) is 2. The highest BCUT2D eigenvalue weighted by Gasteiger charge is 2.12. The van der Waals surface area contributed by atoms with Gasteiger partial charge in [0.25, 0.3) is 5.91 Å². The molecule has 6 N–H and O–H groups in total. The lowest BCUT2D eigenvalue weighted by Crippen LogP contribution is -2.18. The maximum absolute atomic E-state index is 11.5. The first-order chi connectivity index (χ1) is 10.6. The van der Waals surface area contributed by atoms with E-state index in [0.717, 1.165) is 12.1 Å². The van der Waals surface area contributed by atoms with Crippen LogP contribution in [0, 0.1) is 0 Å². The number of hydrogen-bond donors (Lipinski definition) is 4. The Morgan fingerprint density at radius 1 is 1.36 bits per heavy atom. The molecule has 2 aromatic rings. The molecular weight excluding hydrogens is 280 g/mol. The van der Waals surface area contributed by atoms with Crippen molar-refractivity contribution in [2.75, 3.05) is 23.7 Å². The van der Waals surface area contributed by atoms with Gasteiger partial charge in [-0.1, -0.05) is 19.1 Å². The van der Waals surface area contributed by atoms with Gasteiger partial charge in [-0.2, -0.15) is 4.98 Å². The molecule has 0 atom stereocenters. The topological polar surface area (TPSA) is 119 Å². The summed E-state index contributed by atoms with van der Waals surface area (Å²) < 4.78 is 0. The van der Waals surface area contributed by atoms with E-state index in [4.69, 9.17) is 11.5 Å². The Morgan fingerprint density at radius 2 is 2.18 bits per heavy atom. The first-order valence-corrected chi connectivity index (χ1v) is 7.10.